The van der Waals surface area contributed by atoms with E-state index in [2.05, 4.69) is 17.4 Å². The Morgan fingerprint density at radius 2 is 1.85 bits per heavy atom. The highest BCUT2D eigenvalue weighted by molar-refractivity contribution is 7.99. The van der Waals surface area contributed by atoms with Crippen LogP contribution in [0.1, 0.15) is 17.2 Å². The molecule has 1 aliphatic rings. The number of halogens is 2. The minimum absolute atomic E-state index is 0.328. The molecule has 104 valence electrons. The Bertz CT molecular complexity index is 595. The van der Waals surface area contributed by atoms with Crippen molar-refractivity contribution in [2.24, 2.45) is 0 Å². The summed E-state index contributed by atoms with van der Waals surface area (Å²) in [6.45, 7) is 0.711. The third-order valence-corrected chi connectivity index (χ3v) is 4.61. The Kier molecular flexibility index (Phi) is 4.03. The number of thioether (sulfide) groups is 1. The van der Waals surface area contributed by atoms with Gasteiger partial charge in [0.1, 0.15) is 11.6 Å². The molecule has 3 rings (SSSR count). The van der Waals surface area contributed by atoms with Crippen LogP contribution in [0.15, 0.2) is 47.4 Å². The van der Waals surface area contributed by atoms with Crippen LogP contribution in [0.5, 0.6) is 0 Å². The van der Waals surface area contributed by atoms with Crippen molar-refractivity contribution in [3.63, 3.8) is 0 Å². The van der Waals surface area contributed by atoms with Gasteiger partial charge in [-0.05, 0) is 42.3 Å². The normalized spacial score (nSPS) is 17.2. The molecule has 0 radical (unpaired) electrons. The first-order valence-corrected chi connectivity index (χ1v) is 7.61. The zero-order valence-corrected chi connectivity index (χ0v) is 11.7. The Morgan fingerprint density at radius 3 is 2.65 bits per heavy atom. The summed E-state index contributed by atoms with van der Waals surface area (Å²) >= 11 is 1.84. The molecule has 0 amide bonds. The van der Waals surface area contributed by atoms with Crippen molar-refractivity contribution in [3.05, 3.63) is 65.2 Å². The average Bonchev–Trinajstić information content (AvgIpc) is 2.81. The van der Waals surface area contributed by atoms with E-state index in [1.165, 1.54) is 22.6 Å². The molecular formula is C16H15F2NS. The topological polar surface area (TPSA) is 12.0 Å². The van der Waals surface area contributed by atoms with E-state index in [1.54, 1.807) is 0 Å². The standard InChI is InChI=1S/C16H15F2NS/c17-12-7-11(8-13(18)9-12)5-6-19-15-10-20-16-4-2-1-3-14(15)16/h1-4,7-9,15,19H,5-6,10H2. The lowest BCUT2D eigenvalue weighted by atomic mass is 10.1. The first-order chi connectivity index (χ1) is 9.72. The lowest BCUT2D eigenvalue weighted by Crippen LogP contribution is -2.23. The van der Waals surface area contributed by atoms with Crippen molar-refractivity contribution in [3.8, 4) is 0 Å². The summed E-state index contributed by atoms with van der Waals surface area (Å²) in [5, 5.41) is 3.46. The summed E-state index contributed by atoms with van der Waals surface area (Å²) in [5.74, 6) is -0.0137. The summed E-state index contributed by atoms with van der Waals surface area (Å²) in [6.07, 6.45) is 0.623. The summed E-state index contributed by atoms with van der Waals surface area (Å²) in [5.41, 5.74) is 2.01. The average molecular weight is 291 g/mol. The predicted octanol–water partition coefficient (Wildman–Crippen LogP) is 3.94. The largest absolute Gasteiger partial charge is 0.309 e. The zero-order chi connectivity index (χ0) is 13.9. The highest BCUT2D eigenvalue weighted by Gasteiger charge is 2.21. The fourth-order valence-electron chi connectivity index (χ4n) is 2.48. The molecule has 2 aromatic carbocycles. The highest BCUT2D eigenvalue weighted by Crippen LogP contribution is 2.37. The number of hydrogen-bond donors (Lipinski definition) is 1. The quantitative estimate of drug-likeness (QED) is 0.915. The Morgan fingerprint density at radius 1 is 1.10 bits per heavy atom. The molecule has 0 bridgehead atoms. The van der Waals surface area contributed by atoms with Crippen LogP contribution in [0.2, 0.25) is 0 Å². The van der Waals surface area contributed by atoms with Crippen molar-refractivity contribution in [1.29, 1.82) is 0 Å². The van der Waals surface area contributed by atoms with E-state index in [0.29, 0.717) is 24.6 Å². The van der Waals surface area contributed by atoms with Gasteiger partial charge < -0.3 is 5.32 Å². The van der Waals surface area contributed by atoms with Crippen LogP contribution in [0.3, 0.4) is 0 Å². The summed E-state index contributed by atoms with van der Waals surface area (Å²) < 4.78 is 26.2. The zero-order valence-electron chi connectivity index (χ0n) is 10.9. The first-order valence-electron chi connectivity index (χ1n) is 6.62. The molecule has 0 saturated heterocycles. The van der Waals surface area contributed by atoms with Gasteiger partial charge in [-0.2, -0.15) is 0 Å². The maximum Gasteiger partial charge on any atom is 0.126 e. The lowest BCUT2D eigenvalue weighted by molar-refractivity contribution is 0.567. The van der Waals surface area contributed by atoms with Crippen LogP contribution >= 0.6 is 11.8 Å². The van der Waals surface area contributed by atoms with Gasteiger partial charge >= 0.3 is 0 Å². The third kappa shape index (κ3) is 3.02. The van der Waals surface area contributed by atoms with E-state index < -0.39 is 11.6 Å². The third-order valence-electron chi connectivity index (χ3n) is 3.43. The van der Waals surface area contributed by atoms with E-state index in [1.807, 2.05) is 23.9 Å². The second-order valence-corrected chi connectivity index (χ2v) is 5.95. The van der Waals surface area contributed by atoms with Crippen LogP contribution in [0.25, 0.3) is 0 Å². The van der Waals surface area contributed by atoms with Gasteiger partial charge in [0.05, 0.1) is 0 Å². The van der Waals surface area contributed by atoms with Crippen molar-refractivity contribution in [1.82, 2.24) is 5.32 Å². The summed E-state index contributed by atoms with van der Waals surface area (Å²) in [7, 11) is 0. The van der Waals surface area contributed by atoms with Crippen molar-refractivity contribution < 1.29 is 8.78 Å². The van der Waals surface area contributed by atoms with Gasteiger partial charge in [0, 0.05) is 22.8 Å². The fourth-order valence-corrected chi connectivity index (χ4v) is 3.67. The maximum absolute atomic E-state index is 13.1. The molecule has 1 unspecified atom stereocenters. The monoisotopic (exact) mass is 291 g/mol. The van der Waals surface area contributed by atoms with Crippen molar-refractivity contribution in [2.45, 2.75) is 17.4 Å². The molecule has 0 spiro atoms. The number of hydrogen-bond acceptors (Lipinski definition) is 2. The van der Waals surface area contributed by atoms with Gasteiger partial charge in [-0.3, -0.25) is 0 Å². The Labute approximate surface area is 121 Å². The molecule has 1 atom stereocenters. The second-order valence-electron chi connectivity index (χ2n) is 4.88. The Balaban J connectivity index is 1.59. The number of rotatable bonds is 4. The van der Waals surface area contributed by atoms with Gasteiger partial charge in [0.25, 0.3) is 0 Å². The smallest absolute Gasteiger partial charge is 0.126 e. The van der Waals surface area contributed by atoms with Crippen LogP contribution in [0.4, 0.5) is 8.78 Å². The molecule has 2 aromatic rings. The van der Waals surface area contributed by atoms with Gasteiger partial charge in [-0.15, -0.1) is 11.8 Å². The summed E-state index contributed by atoms with van der Waals surface area (Å²) in [6, 6.07) is 12.4. The predicted molar refractivity (Wildman–Crippen MR) is 78.0 cm³/mol. The van der Waals surface area contributed by atoms with E-state index in [4.69, 9.17) is 0 Å². The van der Waals surface area contributed by atoms with Gasteiger partial charge in [0.15, 0.2) is 0 Å². The molecule has 1 nitrogen and oxygen atoms in total. The molecule has 0 saturated carbocycles. The summed E-state index contributed by atoms with van der Waals surface area (Å²) in [4.78, 5) is 1.32. The maximum atomic E-state index is 13.1. The minimum Gasteiger partial charge on any atom is -0.309 e. The van der Waals surface area contributed by atoms with Crippen molar-refractivity contribution in [2.75, 3.05) is 12.3 Å². The SMILES string of the molecule is Fc1cc(F)cc(CCNC2CSc3ccccc32)c1. The number of nitrogens with one attached hydrogen (secondary N) is 1. The van der Waals surface area contributed by atoms with Gasteiger partial charge in [0.2, 0.25) is 0 Å². The lowest BCUT2D eigenvalue weighted by Gasteiger charge is -2.13. The molecule has 1 heterocycles. The van der Waals surface area contributed by atoms with Crippen molar-refractivity contribution >= 4 is 11.8 Å². The van der Waals surface area contributed by atoms with Crippen LogP contribution in [0, 0.1) is 11.6 Å². The van der Waals surface area contributed by atoms with E-state index in [9.17, 15) is 8.78 Å². The van der Waals surface area contributed by atoms with Crippen LogP contribution in [-0.2, 0) is 6.42 Å². The molecule has 1 N–H and O–H groups in total. The molecule has 0 aromatic heterocycles. The van der Waals surface area contributed by atoms with E-state index >= 15 is 0 Å². The Hall–Kier alpha value is -1.39. The fraction of sp³-hybridized carbons (Fsp3) is 0.250. The molecular weight excluding hydrogens is 276 g/mol. The van der Waals surface area contributed by atoms with Gasteiger partial charge in [-0.1, -0.05) is 18.2 Å². The number of fused-ring (bicyclic) bond motifs is 1. The van der Waals surface area contributed by atoms with Gasteiger partial charge in [-0.25, -0.2) is 8.78 Å². The van der Waals surface area contributed by atoms with Crippen LogP contribution < -0.4 is 5.32 Å². The molecule has 20 heavy (non-hydrogen) atoms. The molecule has 1 aliphatic heterocycles. The highest BCUT2D eigenvalue weighted by atomic mass is 32.2. The van der Waals surface area contributed by atoms with E-state index in [-0.39, 0.29) is 0 Å². The minimum atomic E-state index is -0.512. The second kappa shape index (κ2) is 5.94. The van der Waals surface area contributed by atoms with E-state index in [0.717, 1.165) is 11.8 Å². The molecule has 4 heteroatoms. The van der Waals surface area contributed by atoms with Crippen LogP contribution in [-0.4, -0.2) is 12.3 Å². The molecule has 0 fully saturated rings. The first kappa shape index (κ1) is 13.6. The number of benzene rings is 2. The molecule has 0 aliphatic carbocycles.